The van der Waals surface area contributed by atoms with Crippen molar-refractivity contribution in [3.05, 3.63) is 29.8 Å². The molecular formula is C20H32O4Si. The van der Waals surface area contributed by atoms with Crippen LogP contribution in [0, 0.1) is 11.3 Å². The van der Waals surface area contributed by atoms with E-state index in [2.05, 4.69) is 33.5 Å². The van der Waals surface area contributed by atoms with Crippen LogP contribution in [-0.4, -0.2) is 26.5 Å². The molecule has 140 valence electrons. The average molecular weight is 365 g/mol. The van der Waals surface area contributed by atoms with Gasteiger partial charge < -0.3 is 13.9 Å². The fourth-order valence-corrected chi connectivity index (χ4v) is 4.51. The zero-order valence-electron chi connectivity index (χ0n) is 16.8. The van der Waals surface area contributed by atoms with Gasteiger partial charge in [0.1, 0.15) is 17.5 Å². The van der Waals surface area contributed by atoms with Crippen LogP contribution in [0.4, 0.5) is 0 Å². The topological polar surface area (TPSA) is 44.8 Å². The highest BCUT2D eigenvalue weighted by molar-refractivity contribution is 6.69. The second-order valence-electron chi connectivity index (χ2n) is 9.19. The van der Waals surface area contributed by atoms with Crippen molar-refractivity contribution in [3.8, 4) is 5.75 Å². The molecule has 1 heterocycles. The molecule has 0 bridgehead atoms. The van der Waals surface area contributed by atoms with Crippen LogP contribution in [-0.2, 0) is 14.0 Å². The predicted molar refractivity (Wildman–Crippen MR) is 102 cm³/mol. The summed E-state index contributed by atoms with van der Waals surface area (Å²) in [6.07, 6.45) is -0.219. The first-order chi connectivity index (χ1) is 11.4. The van der Waals surface area contributed by atoms with Crippen molar-refractivity contribution in [2.24, 2.45) is 11.3 Å². The molecule has 5 heteroatoms. The fourth-order valence-electron chi connectivity index (χ4n) is 2.97. The molecule has 1 saturated heterocycles. The Balaban J connectivity index is 2.36. The molecule has 0 amide bonds. The van der Waals surface area contributed by atoms with Crippen molar-refractivity contribution in [2.45, 2.75) is 66.0 Å². The van der Waals surface area contributed by atoms with Gasteiger partial charge in [-0.25, -0.2) is 0 Å². The van der Waals surface area contributed by atoms with Crippen LogP contribution in [0.15, 0.2) is 24.3 Å². The normalized spacial score (nSPS) is 24.1. The molecule has 0 saturated carbocycles. The highest BCUT2D eigenvalue weighted by Crippen LogP contribution is 2.50. The average Bonchev–Trinajstić information content (AvgIpc) is 2.43. The van der Waals surface area contributed by atoms with E-state index in [9.17, 15) is 4.79 Å². The molecule has 1 fully saturated rings. The van der Waals surface area contributed by atoms with Crippen LogP contribution in [0.5, 0.6) is 5.75 Å². The largest absolute Gasteiger partial charge is 0.426 e. The van der Waals surface area contributed by atoms with E-state index in [1.165, 1.54) is 0 Å². The lowest BCUT2D eigenvalue weighted by Crippen LogP contribution is -2.61. The summed E-state index contributed by atoms with van der Waals surface area (Å²) < 4.78 is 18.3. The van der Waals surface area contributed by atoms with Gasteiger partial charge in [0.05, 0.1) is 12.0 Å². The summed E-state index contributed by atoms with van der Waals surface area (Å²) in [6.45, 7) is 17.0. The number of carbonyl (C=O) groups is 1. The lowest BCUT2D eigenvalue weighted by atomic mass is 9.78. The second kappa shape index (κ2) is 6.86. The molecule has 2 atom stereocenters. The molecule has 0 aromatic heterocycles. The summed E-state index contributed by atoms with van der Waals surface area (Å²) in [5.41, 5.74) is -0.0370. The number of carbonyl (C=O) groups excluding carboxylic acids is 1. The van der Waals surface area contributed by atoms with Gasteiger partial charge in [0.15, 0.2) is 8.32 Å². The number of hydrogen-bond donors (Lipinski definition) is 0. The van der Waals surface area contributed by atoms with E-state index in [0.717, 1.165) is 5.56 Å². The lowest BCUT2D eigenvalue weighted by molar-refractivity contribution is -0.251. The smallest absolute Gasteiger partial charge is 0.316 e. The van der Waals surface area contributed by atoms with Crippen LogP contribution < -0.4 is 4.74 Å². The number of para-hydroxylation sites is 1. The Morgan fingerprint density at radius 2 is 1.84 bits per heavy atom. The van der Waals surface area contributed by atoms with E-state index in [4.69, 9.17) is 13.9 Å². The molecule has 1 aliphatic heterocycles. The minimum atomic E-state index is -1.77. The molecule has 0 unspecified atom stereocenters. The maximum atomic E-state index is 12.4. The van der Waals surface area contributed by atoms with Gasteiger partial charge in [0, 0.05) is 5.56 Å². The zero-order chi connectivity index (χ0) is 19.0. The van der Waals surface area contributed by atoms with Crippen LogP contribution in [0.2, 0.25) is 19.6 Å². The molecule has 0 N–H and O–H groups in total. The van der Waals surface area contributed by atoms with Gasteiger partial charge in [-0.2, -0.15) is 0 Å². The molecule has 1 aromatic carbocycles. The Kier molecular flexibility index (Phi) is 5.52. The van der Waals surface area contributed by atoms with Gasteiger partial charge >= 0.3 is 5.97 Å². The van der Waals surface area contributed by atoms with Crippen molar-refractivity contribution >= 4 is 14.3 Å². The number of esters is 1. The van der Waals surface area contributed by atoms with Crippen molar-refractivity contribution < 1.29 is 18.7 Å². The van der Waals surface area contributed by atoms with E-state index >= 15 is 0 Å². The number of benzene rings is 1. The minimum absolute atomic E-state index is 0.219. The van der Waals surface area contributed by atoms with Gasteiger partial charge in [0.25, 0.3) is 0 Å². The molecule has 2 rings (SSSR count). The lowest BCUT2D eigenvalue weighted by Gasteiger charge is -2.54. The van der Waals surface area contributed by atoms with Gasteiger partial charge in [-0.1, -0.05) is 32.0 Å². The second-order valence-corrected chi connectivity index (χ2v) is 13.6. The first-order valence-corrected chi connectivity index (χ1v) is 12.4. The standard InChI is InChI=1S/C20H32O4Si/c1-14(2)20(24-25(6,7)8)13-22-17(20)15-11-9-10-12-16(15)23-18(21)19(3,4)5/h9-12,14,17H,13H2,1-8H3/t17-,20+/m1/s1. The summed E-state index contributed by atoms with van der Waals surface area (Å²) in [5, 5.41) is 0. The molecule has 25 heavy (non-hydrogen) atoms. The molecule has 1 aliphatic rings. The molecule has 1 aromatic rings. The quantitative estimate of drug-likeness (QED) is 0.421. The molecule has 4 nitrogen and oxygen atoms in total. The highest BCUT2D eigenvalue weighted by Gasteiger charge is 2.55. The maximum absolute atomic E-state index is 12.4. The number of ether oxygens (including phenoxy) is 2. The van der Waals surface area contributed by atoms with Crippen molar-refractivity contribution in [2.75, 3.05) is 6.61 Å². The van der Waals surface area contributed by atoms with Gasteiger partial charge in [0.2, 0.25) is 0 Å². The minimum Gasteiger partial charge on any atom is -0.426 e. The van der Waals surface area contributed by atoms with Gasteiger partial charge in [-0.3, -0.25) is 4.79 Å². The maximum Gasteiger partial charge on any atom is 0.316 e. The molecular weight excluding hydrogens is 332 g/mol. The third-order valence-corrected chi connectivity index (χ3v) is 5.40. The van der Waals surface area contributed by atoms with E-state index < -0.39 is 13.7 Å². The summed E-state index contributed by atoms with van der Waals surface area (Å²) in [6, 6.07) is 7.63. The predicted octanol–water partition coefficient (Wildman–Crippen LogP) is 4.96. The van der Waals surface area contributed by atoms with Gasteiger partial charge in [-0.05, 0) is 52.4 Å². The van der Waals surface area contributed by atoms with Crippen LogP contribution in [0.3, 0.4) is 0 Å². The van der Waals surface area contributed by atoms with Crippen molar-refractivity contribution in [1.82, 2.24) is 0 Å². The first-order valence-electron chi connectivity index (χ1n) is 9.00. The number of hydrogen-bond acceptors (Lipinski definition) is 4. The highest BCUT2D eigenvalue weighted by atomic mass is 28.4. The third-order valence-electron chi connectivity index (χ3n) is 4.41. The van der Waals surface area contributed by atoms with E-state index in [1.54, 1.807) is 0 Å². The SMILES string of the molecule is CC(C)[C@@]1(O[Si](C)(C)C)CO[C@@H]1c1ccccc1OC(=O)C(C)(C)C. The Morgan fingerprint density at radius 1 is 1.24 bits per heavy atom. The van der Waals surface area contributed by atoms with Crippen LogP contribution in [0.25, 0.3) is 0 Å². The van der Waals surface area contributed by atoms with Crippen molar-refractivity contribution in [1.29, 1.82) is 0 Å². The molecule has 0 aliphatic carbocycles. The first kappa shape index (κ1) is 20.1. The summed E-state index contributed by atoms with van der Waals surface area (Å²) in [4.78, 5) is 12.4. The molecule has 0 spiro atoms. The van der Waals surface area contributed by atoms with E-state index in [0.29, 0.717) is 18.3 Å². The zero-order valence-corrected chi connectivity index (χ0v) is 17.8. The Bertz CT molecular complexity index is 627. The van der Waals surface area contributed by atoms with E-state index in [1.807, 2.05) is 45.0 Å². The van der Waals surface area contributed by atoms with Crippen molar-refractivity contribution in [3.63, 3.8) is 0 Å². The summed E-state index contributed by atoms with van der Waals surface area (Å²) in [7, 11) is -1.77. The Hall–Kier alpha value is -1.17. The Labute approximate surface area is 153 Å². The van der Waals surface area contributed by atoms with E-state index in [-0.39, 0.29) is 17.7 Å². The fraction of sp³-hybridized carbons (Fsp3) is 0.650. The summed E-state index contributed by atoms with van der Waals surface area (Å²) in [5.74, 6) is 0.612. The number of rotatable bonds is 5. The summed E-state index contributed by atoms with van der Waals surface area (Å²) >= 11 is 0. The van der Waals surface area contributed by atoms with Crippen LogP contribution >= 0.6 is 0 Å². The monoisotopic (exact) mass is 364 g/mol. The van der Waals surface area contributed by atoms with Gasteiger partial charge in [-0.15, -0.1) is 0 Å². The molecule has 0 radical (unpaired) electrons. The van der Waals surface area contributed by atoms with Crippen LogP contribution in [0.1, 0.15) is 46.3 Å². The third kappa shape index (κ3) is 4.33. The Morgan fingerprint density at radius 3 is 2.28 bits per heavy atom.